The fourth-order valence-electron chi connectivity index (χ4n) is 2.80. The van der Waals surface area contributed by atoms with Gasteiger partial charge < -0.3 is 10.1 Å². The number of carbonyl (C=O) groups is 1. The number of benzene rings is 2. The molecule has 9 heteroatoms. The third-order valence-electron chi connectivity index (χ3n) is 4.29. The van der Waals surface area contributed by atoms with Crippen LogP contribution in [0.5, 0.6) is 5.75 Å². The smallest absolute Gasteiger partial charge is 0.266 e. The topological polar surface area (TPSA) is 56.2 Å². The molecule has 2 aromatic heterocycles. The molecular formula is C22H16Br2ClN3O2S. The molecule has 1 amide bonds. The molecule has 0 spiro atoms. The summed E-state index contributed by atoms with van der Waals surface area (Å²) in [6.07, 6.45) is 1.84. The van der Waals surface area contributed by atoms with Crippen molar-refractivity contribution in [3.8, 4) is 5.75 Å². The van der Waals surface area contributed by atoms with E-state index in [1.54, 1.807) is 16.8 Å². The van der Waals surface area contributed by atoms with E-state index in [4.69, 9.17) is 16.3 Å². The number of halogens is 3. The third kappa shape index (κ3) is 5.98. The number of nitrogens with zero attached hydrogens (tertiary/aromatic N) is 2. The first-order valence-corrected chi connectivity index (χ1v) is 12.0. The quantitative estimate of drug-likeness (QED) is 0.256. The molecule has 4 aromatic rings. The van der Waals surface area contributed by atoms with Gasteiger partial charge in [-0.3, -0.25) is 9.48 Å². The van der Waals surface area contributed by atoms with Crippen LogP contribution in [0.3, 0.4) is 0 Å². The number of hydrogen-bond acceptors (Lipinski definition) is 4. The van der Waals surface area contributed by atoms with Crippen molar-refractivity contribution >= 4 is 66.5 Å². The Morgan fingerprint density at radius 1 is 1.13 bits per heavy atom. The van der Waals surface area contributed by atoms with E-state index in [2.05, 4.69) is 42.3 Å². The van der Waals surface area contributed by atoms with E-state index in [1.165, 1.54) is 11.3 Å². The second-order valence-corrected chi connectivity index (χ2v) is 9.79. The first kappa shape index (κ1) is 22.1. The number of anilines is 1. The molecule has 0 bridgehead atoms. The highest BCUT2D eigenvalue weighted by Crippen LogP contribution is 2.24. The van der Waals surface area contributed by atoms with Gasteiger partial charge in [-0.2, -0.15) is 5.10 Å². The number of amides is 1. The third-order valence-corrected chi connectivity index (χ3v) is 6.61. The van der Waals surface area contributed by atoms with Gasteiger partial charge in [0.2, 0.25) is 0 Å². The van der Waals surface area contributed by atoms with Crippen molar-refractivity contribution in [3.05, 3.63) is 96.1 Å². The number of nitrogens with one attached hydrogen (secondary N) is 1. The molecule has 0 saturated carbocycles. The Morgan fingerprint density at radius 3 is 2.71 bits per heavy atom. The molecule has 2 aromatic carbocycles. The molecule has 0 unspecified atom stereocenters. The number of hydrogen-bond donors (Lipinski definition) is 1. The number of aromatic nitrogens is 2. The Bertz CT molecular complexity index is 1210. The standard InChI is InChI=1S/C22H16Br2ClN3O2S/c23-16-6-4-14(5-7-16)10-28-11-19(24)21(27-28)26-22(29)20-8-15(13-31-20)12-30-18-3-1-2-17(25)9-18/h1-9,11,13H,10,12H2,(H,26,27,29). The first-order valence-electron chi connectivity index (χ1n) is 9.21. The second kappa shape index (κ2) is 9.99. The Balaban J connectivity index is 1.37. The van der Waals surface area contributed by atoms with Crippen molar-refractivity contribution in [1.29, 1.82) is 0 Å². The van der Waals surface area contributed by atoms with Crippen LogP contribution < -0.4 is 10.1 Å². The molecule has 4 rings (SSSR count). The van der Waals surface area contributed by atoms with Gasteiger partial charge in [0.05, 0.1) is 15.9 Å². The van der Waals surface area contributed by atoms with Crippen LogP contribution in [0.15, 0.2) is 75.1 Å². The predicted octanol–water partition coefficient (Wildman–Crippen LogP) is 7.00. The van der Waals surface area contributed by atoms with Crippen LogP contribution in [-0.2, 0) is 13.2 Å². The van der Waals surface area contributed by atoms with Crippen LogP contribution >= 0.6 is 54.8 Å². The SMILES string of the molecule is O=C(Nc1nn(Cc2ccc(Br)cc2)cc1Br)c1cc(COc2cccc(Cl)c2)cs1. The lowest BCUT2D eigenvalue weighted by Gasteiger charge is -2.04. The van der Waals surface area contributed by atoms with Crippen LogP contribution in [0.2, 0.25) is 5.02 Å². The van der Waals surface area contributed by atoms with Crippen LogP contribution in [0.25, 0.3) is 0 Å². The van der Waals surface area contributed by atoms with E-state index in [0.717, 1.165) is 20.1 Å². The highest BCUT2D eigenvalue weighted by Gasteiger charge is 2.14. The maximum atomic E-state index is 12.7. The van der Waals surface area contributed by atoms with Gasteiger partial charge in [0.1, 0.15) is 12.4 Å². The molecule has 2 heterocycles. The van der Waals surface area contributed by atoms with Crippen LogP contribution in [-0.4, -0.2) is 15.7 Å². The predicted molar refractivity (Wildman–Crippen MR) is 131 cm³/mol. The van der Waals surface area contributed by atoms with Gasteiger partial charge in [-0.1, -0.05) is 45.7 Å². The second-order valence-electron chi connectivity index (χ2n) is 6.67. The molecule has 1 N–H and O–H groups in total. The lowest BCUT2D eigenvalue weighted by atomic mass is 10.2. The van der Waals surface area contributed by atoms with Gasteiger partial charge in [0.15, 0.2) is 5.82 Å². The fourth-order valence-corrected chi connectivity index (χ4v) is 4.45. The molecule has 31 heavy (non-hydrogen) atoms. The molecule has 0 aliphatic carbocycles. The molecule has 0 fully saturated rings. The molecule has 0 atom stereocenters. The van der Waals surface area contributed by atoms with Gasteiger partial charge in [-0.15, -0.1) is 11.3 Å². The maximum Gasteiger partial charge on any atom is 0.266 e. The normalized spacial score (nSPS) is 10.8. The average Bonchev–Trinajstić information content (AvgIpc) is 3.35. The van der Waals surface area contributed by atoms with E-state index in [1.807, 2.05) is 54.0 Å². The summed E-state index contributed by atoms with van der Waals surface area (Å²) in [4.78, 5) is 13.3. The Morgan fingerprint density at radius 2 is 1.94 bits per heavy atom. The molecule has 0 aliphatic rings. The molecule has 5 nitrogen and oxygen atoms in total. The Labute approximate surface area is 205 Å². The summed E-state index contributed by atoms with van der Waals surface area (Å²) >= 11 is 14.2. The Kier molecular flexibility index (Phi) is 7.12. The van der Waals surface area contributed by atoms with E-state index < -0.39 is 0 Å². The van der Waals surface area contributed by atoms with Gasteiger partial charge in [-0.05, 0) is 63.3 Å². The van der Waals surface area contributed by atoms with Crippen molar-refractivity contribution < 1.29 is 9.53 Å². The molecule has 158 valence electrons. The molecule has 0 saturated heterocycles. The molecule has 0 radical (unpaired) electrons. The van der Waals surface area contributed by atoms with Crippen molar-refractivity contribution in [2.24, 2.45) is 0 Å². The minimum atomic E-state index is -0.214. The van der Waals surface area contributed by atoms with E-state index in [9.17, 15) is 4.79 Å². The summed E-state index contributed by atoms with van der Waals surface area (Å²) < 4.78 is 9.26. The van der Waals surface area contributed by atoms with Crippen LogP contribution in [0.1, 0.15) is 20.8 Å². The lowest BCUT2D eigenvalue weighted by Crippen LogP contribution is -2.11. The monoisotopic (exact) mass is 579 g/mol. The van der Waals surface area contributed by atoms with E-state index in [0.29, 0.717) is 34.6 Å². The zero-order chi connectivity index (χ0) is 21.8. The Hall–Kier alpha value is -2.13. The summed E-state index contributed by atoms with van der Waals surface area (Å²) in [5, 5.41) is 9.86. The van der Waals surface area contributed by atoms with Gasteiger partial charge >= 0.3 is 0 Å². The minimum absolute atomic E-state index is 0.214. The lowest BCUT2D eigenvalue weighted by molar-refractivity contribution is 0.103. The van der Waals surface area contributed by atoms with Crippen molar-refractivity contribution in [3.63, 3.8) is 0 Å². The number of ether oxygens (including phenoxy) is 1. The highest BCUT2D eigenvalue weighted by molar-refractivity contribution is 9.10. The highest BCUT2D eigenvalue weighted by atomic mass is 79.9. The number of thiophene rings is 1. The first-order chi connectivity index (χ1) is 15.0. The summed E-state index contributed by atoms with van der Waals surface area (Å²) in [7, 11) is 0. The number of carbonyl (C=O) groups excluding carboxylic acids is 1. The maximum absolute atomic E-state index is 12.7. The van der Waals surface area contributed by atoms with Gasteiger partial charge in [0, 0.05) is 21.3 Å². The summed E-state index contributed by atoms with van der Waals surface area (Å²) in [5.74, 6) is 0.950. The van der Waals surface area contributed by atoms with Gasteiger partial charge in [0.25, 0.3) is 5.91 Å². The zero-order valence-corrected chi connectivity index (χ0v) is 20.8. The fraction of sp³-hybridized carbons (Fsp3) is 0.0909. The zero-order valence-electron chi connectivity index (χ0n) is 16.0. The van der Waals surface area contributed by atoms with E-state index in [-0.39, 0.29) is 5.91 Å². The molecular weight excluding hydrogens is 566 g/mol. The summed E-state index contributed by atoms with van der Waals surface area (Å²) in [6, 6.07) is 17.1. The number of rotatable bonds is 7. The average molecular weight is 582 g/mol. The largest absolute Gasteiger partial charge is 0.489 e. The van der Waals surface area contributed by atoms with E-state index >= 15 is 0 Å². The van der Waals surface area contributed by atoms with Crippen LogP contribution in [0, 0.1) is 0 Å². The van der Waals surface area contributed by atoms with Crippen molar-refractivity contribution in [1.82, 2.24) is 9.78 Å². The van der Waals surface area contributed by atoms with Crippen LogP contribution in [0.4, 0.5) is 5.82 Å². The summed E-state index contributed by atoms with van der Waals surface area (Å²) in [5.41, 5.74) is 2.02. The van der Waals surface area contributed by atoms with Crippen molar-refractivity contribution in [2.45, 2.75) is 13.2 Å². The molecule has 0 aliphatic heterocycles. The summed E-state index contributed by atoms with van der Waals surface area (Å²) in [6.45, 7) is 0.960. The van der Waals surface area contributed by atoms with Crippen molar-refractivity contribution in [2.75, 3.05) is 5.32 Å². The minimum Gasteiger partial charge on any atom is -0.489 e. The van der Waals surface area contributed by atoms with Gasteiger partial charge in [-0.25, -0.2) is 0 Å².